The molecule has 86 valence electrons. The Labute approximate surface area is 100 Å². The van der Waals surface area contributed by atoms with Crippen molar-refractivity contribution in [2.75, 3.05) is 18.4 Å². The van der Waals surface area contributed by atoms with Gasteiger partial charge in [0.2, 0.25) is 5.91 Å². The molecule has 0 saturated carbocycles. The van der Waals surface area contributed by atoms with Crippen LogP contribution in [0.5, 0.6) is 0 Å². The van der Waals surface area contributed by atoms with Gasteiger partial charge in [-0.05, 0) is 19.1 Å². The summed E-state index contributed by atoms with van der Waals surface area (Å²) < 4.78 is 0. The van der Waals surface area contributed by atoms with E-state index in [9.17, 15) is 4.79 Å². The molecule has 0 saturated heterocycles. The lowest BCUT2D eigenvalue weighted by Gasteiger charge is -2.10. The zero-order chi connectivity index (χ0) is 12.0. The maximum Gasteiger partial charge on any atom is 0.239 e. The largest absolute Gasteiger partial charge is 0.389 e. The highest BCUT2D eigenvalue weighted by Crippen LogP contribution is 2.13. The average molecular weight is 237 g/mol. The molecule has 1 aromatic carbocycles. The normalized spacial score (nSPS) is 9.56. The summed E-state index contributed by atoms with van der Waals surface area (Å²) in [6.07, 6.45) is 0. The van der Waals surface area contributed by atoms with Crippen molar-refractivity contribution >= 4 is 28.8 Å². The van der Waals surface area contributed by atoms with Crippen LogP contribution < -0.4 is 16.4 Å². The number of benzene rings is 1. The molecule has 0 aliphatic carbocycles. The third kappa shape index (κ3) is 3.51. The molecular formula is C11H15N3OS. The van der Waals surface area contributed by atoms with Gasteiger partial charge in [-0.1, -0.05) is 24.4 Å². The number of rotatable bonds is 5. The summed E-state index contributed by atoms with van der Waals surface area (Å²) in [6.45, 7) is 2.71. The van der Waals surface area contributed by atoms with Crippen molar-refractivity contribution in [1.82, 2.24) is 5.32 Å². The maximum atomic E-state index is 11.3. The lowest BCUT2D eigenvalue weighted by molar-refractivity contribution is -0.119. The van der Waals surface area contributed by atoms with E-state index in [-0.39, 0.29) is 12.5 Å². The summed E-state index contributed by atoms with van der Waals surface area (Å²) in [5, 5.41) is 5.70. The molecule has 0 bridgehead atoms. The van der Waals surface area contributed by atoms with E-state index in [0.29, 0.717) is 11.5 Å². The Morgan fingerprint density at radius 3 is 2.75 bits per heavy atom. The molecule has 0 aliphatic heterocycles. The van der Waals surface area contributed by atoms with Gasteiger partial charge in [0.1, 0.15) is 4.99 Å². The standard InChI is InChI=1S/C11H15N3OS/c1-2-13-10(15)7-14-9-6-4-3-5-8(9)11(12)16/h3-6,14H,2,7H2,1H3,(H2,12,16)(H,13,15). The number of anilines is 1. The van der Waals surface area contributed by atoms with Crippen LogP contribution in [0.25, 0.3) is 0 Å². The average Bonchev–Trinajstić information content (AvgIpc) is 2.27. The van der Waals surface area contributed by atoms with Crippen LogP contribution in [-0.4, -0.2) is 24.0 Å². The predicted octanol–water partition coefficient (Wildman–Crippen LogP) is 0.869. The molecule has 16 heavy (non-hydrogen) atoms. The van der Waals surface area contributed by atoms with Gasteiger partial charge in [-0.25, -0.2) is 0 Å². The van der Waals surface area contributed by atoms with Gasteiger partial charge in [0.15, 0.2) is 0 Å². The molecule has 1 rings (SSSR count). The SMILES string of the molecule is CCNC(=O)CNc1ccccc1C(N)=S. The van der Waals surface area contributed by atoms with Gasteiger partial charge in [-0.3, -0.25) is 4.79 Å². The Kier molecular flexibility index (Phi) is 4.72. The van der Waals surface area contributed by atoms with E-state index in [2.05, 4.69) is 10.6 Å². The van der Waals surface area contributed by atoms with Crippen LogP contribution in [0, 0.1) is 0 Å². The number of amides is 1. The van der Waals surface area contributed by atoms with Crippen molar-refractivity contribution < 1.29 is 4.79 Å². The molecule has 0 fully saturated rings. The number of thiocarbonyl (C=S) groups is 1. The van der Waals surface area contributed by atoms with Gasteiger partial charge in [0.05, 0.1) is 6.54 Å². The molecule has 5 heteroatoms. The highest BCUT2D eigenvalue weighted by molar-refractivity contribution is 7.80. The zero-order valence-corrected chi connectivity index (χ0v) is 9.93. The van der Waals surface area contributed by atoms with Crippen LogP contribution in [0.4, 0.5) is 5.69 Å². The van der Waals surface area contributed by atoms with Gasteiger partial charge >= 0.3 is 0 Å². The smallest absolute Gasteiger partial charge is 0.239 e. The fourth-order valence-corrected chi connectivity index (χ4v) is 1.47. The monoisotopic (exact) mass is 237 g/mol. The van der Waals surface area contributed by atoms with Gasteiger partial charge < -0.3 is 16.4 Å². The Morgan fingerprint density at radius 1 is 1.44 bits per heavy atom. The summed E-state index contributed by atoms with van der Waals surface area (Å²) in [6, 6.07) is 7.38. The van der Waals surface area contributed by atoms with Crippen molar-refractivity contribution in [3.8, 4) is 0 Å². The topological polar surface area (TPSA) is 67.2 Å². The number of hydrogen-bond acceptors (Lipinski definition) is 3. The van der Waals surface area contributed by atoms with Crippen LogP contribution in [0.3, 0.4) is 0 Å². The number of nitrogens with one attached hydrogen (secondary N) is 2. The summed E-state index contributed by atoms with van der Waals surface area (Å²) in [5.74, 6) is -0.0553. The molecule has 0 radical (unpaired) electrons. The van der Waals surface area contributed by atoms with Crippen molar-refractivity contribution in [2.45, 2.75) is 6.92 Å². The molecule has 0 unspecified atom stereocenters. The van der Waals surface area contributed by atoms with Crippen LogP contribution >= 0.6 is 12.2 Å². The van der Waals surface area contributed by atoms with E-state index in [4.69, 9.17) is 18.0 Å². The molecule has 1 aromatic rings. The first-order valence-electron chi connectivity index (χ1n) is 5.04. The van der Waals surface area contributed by atoms with Gasteiger partial charge in [-0.2, -0.15) is 0 Å². The minimum atomic E-state index is -0.0553. The number of nitrogens with two attached hydrogens (primary N) is 1. The van der Waals surface area contributed by atoms with E-state index in [1.807, 2.05) is 31.2 Å². The summed E-state index contributed by atoms with van der Waals surface area (Å²) in [5.41, 5.74) is 7.10. The third-order valence-electron chi connectivity index (χ3n) is 2.01. The molecule has 0 spiro atoms. The van der Waals surface area contributed by atoms with Crippen molar-refractivity contribution in [1.29, 1.82) is 0 Å². The Bertz CT molecular complexity index is 393. The van der Waals surface area contributed by atoms with Crippen molar-refractivity contribution in [3.05, 3.63) is 29.8 Å². The minimum Gasteiger partial charge on any atom is -0.389 e. The Hall–Kier alpha value is -1.62. The van der Waals surface area contributed by atoms with E-state index < -0.39 is 0 Å². The van der Waals surface area contributed by atoms with E-state index in [1.165, 1.54) is 0 Å². The number of carbonyl (C=O) groups is 1. The fraction of sp³-hybridized carbons (Fsp3) is 0.273. The van der Waals surface area contributed by atoms with E-state index >= 15 is 0 Å². The van der Waals surface area contributed by atoms with E-state index in [1.54, 1.807) is 0 Å². The second-order valence-corrected chi connectivity index (χ2v) is 3.66. The Morgan fingerprint density at radius 2 is 2.12 bits per heavy atom. The van der Waals surface area contributed by atoms with Crippen molar-refractivity contribution in [3.63, 3.8) is 0 Å². The first kappa shape index (κ1) is 12.4. The van der Waals surface area contributed by atoms with Crippen LogP contribution in [0.1, 0.15) is 12.5 Å². The number of carbonyl (C=O) groups excluding carboxylic acids is 1. The van der Waals surface area contributed by atoms with E-state index in [0.717, 1.165) is 11.3 Å². The van der Waals surface area contributed by atoms with Gasteiger partial charge in [-0.15, -0.1) is 0 Å². The van der Waals surface area contributed by atoms with Crippen LogP contribution in [0.2, 0.25) is 0 Å². The first-order valence-corrected chi connectivity index (χ1v) is 5.45. The molecule has 4 nitrogen and oxygen atoms in total. The highest BCUT2D eigenvalue weighted by atomic mass is 32.1. The van der Waals surface area contributed by atoms with Gasteiger partial charge in [0.25, 0.3) is 0 Å². The third-order valence-corrected chi connectivity index (χ3v) is 2.23. The second kappa shape index (κ2) is 6.07. The Balaban J connectivity index is 2.66. The minimum absolute atomic E-state index is 0.0553. The zero-order valence-electron chi connectivity index (χ0n) is 9.12. The highest BCUT2D eigenvalue weighted by Gasteiger charge is 2.05. The van der Waals surface area contributed by atoms with Crippen molar-refractivity contribution in [2.24, 2.45) is 5.73 Å². The van der Waals surface area contributed by atoms with Crippen LogP contribution in [0.15, 0.2) is 24.3 Å². The molecule has 0 aliphatic rings. The summed E-state index contributed by atoms with van der Waals surface area (Å²) in [7, 11) is 0. The van der Waals surface area contributed by atoms with Crippen LogP contribution in [-0.2, 0) is 4.79 Å². The number of hydrogen-bond donors (Lipinski definition) is 3. The first-order chi connectivity index (χ1) is 7.65. The quantitative estimate of drug-likeness (QED) is 0.665. The molecule has 0 heterocycles. The molecule has 0 aromatic heterocycles. The molecule has 0 atom stereocenters. The number of likely N-dealkylation sites (N-methyl/N-ethyl adjacent to an activating group) is 1. The molecule has 1 amide bonds. The summed E-state index contributed by atoms with van der Waals surface area (Å²) in [4.78, 5) is 11.6. The predicted molar refractivity (Wildman–Crippen MR) is 69.5 cm³/mol. The van der Waals surface area contributed by atoms with Gasteiger partial charge in [0, 0.05) is 17.8 Å². The number of para-hydroxylation sites is 1. The molecular weight excluding hydrogens is 222 g/mol. The maximum absolute atomic E-state index is 11.3. The second-order valence-electron chi connectivity index (χ2n) is 3.22. The molecule has 4 N–H and O–H groups in total. The fourth-order valence-electron chi connectivity index (χ4n) is 1.29. The lowest BCUT2D eigenvalue weighted by Crippen LogP contribution is -2.30. The lowest BCUT2D eigenvalue weighted by atomic mass is 10.2. The summed E-state index contributed by atoms with van der Waals surface area (Å²) >= 11 is 4.92.